The second-order valence-electron chi connectivity index (χ2n) is 5.65. The van der Waals surface area contributed by atoms with E-state index in [2.05, 4.69) is 20.2 Å². The van der Waals surface area contributed by atoms with Crippen molar-refractivity contribution in [1.82, 2.24) is 15.5 Å². The van der Waals surface area contributed by atoms with E-state index in [0.29, 0.717) is 30.2 Å². The maximum Gasteiger partial charge on any atom is 0.321 e. The van der Waals surface area contributed by atoms with E-state index >= 15 is 0 Å². The van der Waals surface area contributed by atoms with Crippen molar-refractivity contribution in [3.8, 4) is 0 Å². The zero-order valence-electron chi connectivity index (χ0n) is 13.5. The number of aryl methyl sites for hydroxylation is 2. The standard InChI is InChI=1S/C15H19N5O3S/c1-10-14(11(2)18-17-10)24(22,23)19-12-4-6-13(7-5-12)20-9-3-8-16-15(20)21/h4-7,19H,3,8-9H2,1-2H3,(H,16,21)(H,17,18). The topological polar surface area (TPSA) is 107 Å². The van der Waals surface area contributed by atoms with Crippen molar-refractivity contribution in [2.45, 2.75) is 25.2 Å². The highest BCUT2D eigenvalue weighted by molar-refractivity contribution is 7.92. The molecule has 128 valence electrons. The van der Waals surface area contributed by atoms with E-state index in [1.807, 2.05) is 0 Å². The Morgan fingerprint density at radius 3 is 2.50 bits per heavy atom. The summed E-state index contributed by atoms with van der Waals surface area (Å²) in [6.07, 6.45) is 0.874. The number of aromatic nitrogens is 2. The van der Waals surface area contributed by atoms with E-state index in [1.54, 1.807) is 43.0 Å². The predicted octanol–water partition coefficient (Wildman–Crippen LogP) is 1.75. The molecular weight excluding hydrogens is 330 g/mol. The summed E-state index contributed by atoms with van der Waals surface area (Å²) in [5.74, 6) is 0. The van der Waals surface area contributed by atoms with Crippen molar-refractivity contribution in [3.63, 3.8) is 0 Å². The molecule has 0 saturated carbocycles. The number of hydrogen-bond acceptors (Lipinski definition) is 4. The van der Waals surface area contributed by atoms with Crippen LogP contribution in [0, 0.1) is 13.8 Å². The van der Waals surface area contributed by atoms with Crippen molar-refractivity contribution in [2.24, 2.45) is 0 Å². The molecule has 9 heteroatoms. The number of rotatable bonds is 4. The summed E-state index contributed by atoms with van der Waals surface area (Å²) in [4.78, 5) is 13.6. The Kier molecular flexibility index (Phi) is 4.18. The Labute approximate surface area is 140 Å². The fraction of sp³-hybridized carbons (Fsp3) is 0.333. The highest BCUT2D eigenvalue weighted by Crippen LogP contribution is 2.23. The van der Waals surface area contributed by atoms with Gasteiger partial charge >= 0.3 is 6.03 Å². The van der Waals surface area contributed by atoms with Gasteiger partial charge in [-0.15, -0.1) is 0 Å². The summed E-state index contributed by atoms with van der Waals surface area (Å²) < 4.78 is 27.5. The normalized spacial score (nSPS) is 15.2. The van der Waals surface area contributed by atoms with Gasteiger partial charge in [-0.1, -0.05) is 0 Å². The van der Waals surface area contributed by atoms with Crippen LogP contribution >= 0.6 is 0 Å². The van der Waals surface area contributed by atoms with Gasteiger partial charge in [-0.2, -0.15) is 5.10 Å². The first-order chi connectivity index (χ1) is 11.4. The maximum absolute atomic E-state index is 12.5. The molecule has 0 unspecified atom stereocenters. The summed E-state index contributed by atoms with van der Waals surface area (Å²) in [6, 6.07) is 6.58. The van der Waals surface area contributed by atoms with Gasteiger partial charge in [0.15, 0.2) is 0 Å². The van der Waals surface area contributed by atoms with Crippen LogP contribution in [0.2, 0.25) is 0 Å². The molecular formula is C15H19N5O3S. The Hall–Kier alpha value is -2.55. The van der Waals surface area contributed by atoms with Gasteiger partial charge in [0.05, 0.1) is 11.4 Å². The van der Waals surface area contributed by atoms with Crippen LogP contribution in [0.4, 0.5) is 16.2 Å². The average Bonchev–Trinajstić information content (AvgIpc) is 2.88. The number of H-pyrrole nitrogens is 1. The molecule has 2 aromatic rings. The lowest BCUT2D eigenvalue weighted by atomic mass is 10.2. The number of carbonyl (C=O) groups excluding carboxylic acids is 1. The van der Waals surface area contributed by atoms with E-state index in [0.717, 1.165) is 12.1 Å². The average molecular weight is 349 g/mol. The first kappa shape index (κ1) is 16.3. The number of hydrogen-bond donors (Lipinski definition) is 3. The molecule has 0 bridgehead atoms. The highest BCUT2D eigenvalue weighted by atomic mass is 32.2. The molecule has 0 atom stereocenters. The second kappa shape index (κ2) is 6.16. The molecule has 0 spiro atoms. The van der Waals surface area contributed by atoms with Gasteiger partial charge < -0.3 is 5.32 Å². The van der Waals surface area contributed by atoms with E-state index in [4.69, 9.17) is 0 Å². The number of carbonyl (C=O) groups is 1. The Morgan fingerprint density at radius 2 is 1.92 bits per heavy atom. The summed E-state index contributed by atoms with van der Waals surface area (Å²) in [7, 11) is -3.72. The summed E-state index contributed by atoms with van der Waals surface area (Å²) in [5.41, 5.74) is 2.06. The lowest BCUT2D eigenvalue weighted by Crippen LogP contribution is -2.46. The van der Waals surface area contributed by atoms with Crippen molar-refractivity contribution in [1.29, 1.82) is 0 Å². The zero-order chi connectivity index (χ0) is 17.3. The van der Waals surface area contributed by atoms with Crippen LogP contribution in [-0.2, 0) is 10.0 Å². The number of nitrogens with one attached hydrogen (secondary N) is 3. The number of benzene rings is 1. The minimum atomic E-state index is -3.72. The Morgan fingerprint density at radius 1 is 1.21 bits per heavy atom. The van der Waals surface area contributed by atoms with Gasteiger partial charge in [-0.3, -0.25) is 14.7 Å². The van der Waals surface area contributed by atoms with Gasteiger partial charge in [0.1, 0.15) is 4.90 Å². The molecule has 1 aromatic carbocycles. The molecule has 1 aliphatic rings. The molecule has 1 saturated heterocycles. The number of aromatic amines is 1. The Balaban J connectivity index is 1.80. The molecule has 2 heterocycles. The molecule has 1 aromatic heterocycles. The third-order valence-electron chi connectivity index (χ3n) is 3.84. The fourth-order valence-corrected chi connectivity index (χ4v) is 4.16. The largest absolute Gasteiger partial charge is 0.338 e. The van der Waals surface area contributed by atoms with Crippen molar-refractivity contribution in [2.75, 3.05) is 22.7 Å². The van der Waals surface area contributed by atoms with Gasteiger partial charge in [-0.05, 0) is 44.5 Å². The molecule has 0 radical (unpaired) electrons. The van der Waals surface area contributed by atoms with E-state index < -0.39 is 10.0 Å². The predicted molar refractivity (Wildman–Crippen MR) is 90.7 cm³/mol. The molecule has 1 aliphatic heterocycles. The summed E-state index contributed by atoms with van der Waals surface area (Å²) in [5, 5.41) is 9.36. The quantitative estimate of drug-likeness (QED) is 0.781. The molecule has 0 aliphatic carbocycles. The van der Waals surface area contributed by atoms with Gasteiger partial charge in [0.25, 0.3) is 10.0 Å². The van der Waals surface area contributed by atoms with E-state index in [9.17, 15) is 13.2 Å². The number of nitrogens with zero attached hydrogens (tertiary/aromatic N) is 2. The van der Waals surface area contributed by atoms with Crippen LogP contribution in [0.25, 0.3) is 0 Å². The molecule has 2 amide bonds. The smallest absolute Gasteiger partial charge is 0.321 e. The minimum Gasteiger partial charge on any atom is -0.338 e. The molecule has 3 N–H and O–H groups in total. The molecule has 24 heavy (non-hydrogen) atoms. The molecule has 1 fully saturated rings. The van der Waals surface area contributed by atoms with E-state index in [1.165, 1.54) is 0 Å². The second-order valence-corrected chi connectivity index (χ2v) is 7.27. The number of urea groups is 1. The first-order valence-electron chi connectivity index (χ1n) is 7.58. The van der Waals surface area contributed by atoms with Gasteiger partial charge in [-0.25, -0.2) is 13.2 Å². The van der Waals surface area contributed by atoms with Crippen molar-refractivity contribution < 1.29 is 13.2 Å². The van der Waals surface area contributed by atoms with Crippen LogP contribution in [0.5, 0.6) is 0 Å². The maximum atomic E-state index is 12.5. The minimum absolute atomic E-state index is 0.140. The van der Waals surface area contributed by atoms with Gasteiger partial charge in [0.2, 0.25) is 0 Å². The third kappa shape index (κ3) is 3.07. The summed E-state index contributed by atoms with van der Waals surface area (Å²) >= 11 is 0. The lowest BCUT2D eigenvalue weighted by molar-refractivity contribution is 0.243. The molecule has 3 rings (SSSR count). The highest BCUT2D eigenvalue weighted by Gasteiger charge is 2.23. The third-order valence-corrected chi connectivity index (χ3v) is 5.48. The Bertz CT molecular complexity index is 838. The molecule has 8 nitrogen and oxygen atoms in total. The number of anilines is 2. The van der Waals surface area contributed by atoms with Crippen LogP contribution in [0.1, 0.15) is 17.8 Å². The van der Waals surface area contributed by atoms with Crippen molar-refractivity contribution >= 4 is 27.4 Å². The van der Waals surface area contributed by atoms with Crippen LogP contribution in [-0.4, -0.2) is 37.7 Å². The van der Waals surface area contributed by atoms with E-state index in [-0.39, 0.29) is 10.9 Å². The van der Waals surface area contributed by atoms with Crippen LogP contribution in [0.15, 0.2) is 29.2 Å². The number of amides is 2. The van der Waals surface area contributed by atoms with Crippen LogP contribution < -0.4 is 14.9 Å². The van der Waals surface area contributed by atoms with Crippen molar-refractivity contribution in [3.05, 3.63) is 35.7 Å². The monoisotopic (exact) mass is 349 g/mol. The summed E-state index contributed by atoms with van der Waals surface area (Å²) in [6.45, 7) is 4.61. The first-order valence-corrected chi connectivity index (χ1v) is 9.06. The SMILES string of the molecule is Cc1n[nH]c(C)c1S(=O)(=O)Nc1ccc(N2CCCNC2=O)cc1. The van der Waals surface area contributed by atoms with Crippen LogP contribution in [0.3, 0.4) is 0 Å². The lowest BCUT2D eigenvalue weighted by Gasteiger charge is -2.27. The zero-order valence-corrected chi connectivity index (χ0v) is 14.3. The van der Waals surface area contributed by atoms with Gasteiger partial charge in [0, 0.05) is 24.5 Å². The number of sulfonamides is 1. The fourth-order valence-electron chi connectivity index (χ4n) is 2.73.